The van der Waals surface area contributed by atoms with Crippen molar-refractivity contribution in [3.05, 3.63) is 42.0 Å². The molecule has 0 radical (unpaired) electrons. The summed E-state index contributed by atoms with van der Waals surface area (Å²) < 4.78 is 16.0. The zero-order valence-electron chi connectivity index (χ0n) is 11.8. The molecular formula is C15H16N2O4. The maximum atomic E-state index is 11.2. The maximum absolute atomic E-state index is 11.2. The first-order valence-corrected chi connectivity index (χ1v) is 6.13. The number of primary amides is 1. The summed E-state index contributed by atoms with van der Waals surface area (Å²) >= 11 is 0. The fraction of sp³-hybridized carbons (Fsp3) is 0.133. The number of carbonyl (C=O) groups is 1. The molecule has 0 saturated heterocycles. The lowest BCUT2D eigenvalue weighted by Gasteiger charge is -2.12. The number of hydrogen-bond acceptors (Lipinski definition) is 5. The van der Waals surface area contributed by atoms with Crippen molar-refractivity contribution < 1.29 is 19.0 Å². The highest BCUT2D eigenvalue weighted by Crippen LogP contribution is 2.33. The van der Waals surface area contributed by atoms with Crippen LogP contribution in [0, 0.1) is 0 Å². The lowest BCUT2D eigenvalue weighted by atomic mass is 10.2. The summed E-state index contributed by atoms with van der Waals surface area (Å²) in [6.07, 6.45) is 0. The van der Waals surface area contributed by atoms with Crippen LogP contribution in [-0.2, 0) is 0 Å². The van der Waals surface area contributed by atoms with Gasteiger partial charge in [-0.25, -0.2) is 0 Å². The third-order valence-corrected chi connectivity index (χ3v) is 2.85. The van der Waals surface area contributed by atoms with Crippen LogP contribution in [0.5, 0.6) is 23.0 Å². The average molecular weight is 288 g/mol. The standard InChI is InChI=1S/C15H16N2O4/c1-19-10-6-11(20-2)8-12(7-10)21-14-5-9(15(17)18)3-4-13(14)16/h3-8H,16H2,1-2H3,(H2,17,18). The number of hydrogen-bond donors (Lipinski definition) is 2. The van der Waals surface area contributed by atoms with E-state index in [4.69, 9.17) is 25.7 Å². The average Bonchev–Trinajstić information content (AvgIpc) is 2.48. The second-order valence-electron chi connectivity index (χ2n) is 4.27. The van der Waals surface area contributed by atoms with E-state index in [-0.39, 0.29) is 0 Å². The van der Waals surface area contributed by atoms with E-state index in [1.165, 1.54) is 12.1 Å². The number of nitrogens with two attached hydrogens (primary N) is 2. The summed E-state index contributed by atoms with van der Waals surface area (Å²) in [5, 5.41) is 0. The van der Waals surface area contributed by atoms with Gasteiger partial charge >= 0.3 is 0 Å². The molecule has 2 aromatic rings. The third kappa shape index (κ3) is 3.36. The second-order valence-corrected chi connectivity index (χ2v) is 4.27. The van der Waals surface area contributed by atoms with Crippen molar-refractivity contribution >= 4 is 11.6 Å². The Morgan fingerprint density at radius 1 is 0.952 bits per heavy atom. The smallest absolute Gasteiger partial charge is 0.248 e. The minimum atomic E-state index is -0.553. The van der Waals surface area contributed by atoms with Gasteiger partial charge in [-0.05, 0) is 18.2 Å². The van der Waals surface area contributed by atoms with Gasteiger partial charge in [-0.15, -0.1) is 0 Å². The highest BCUT2D eigenvalue weighted by atomic mass is 16.5. The first-order chi connectivity index (χ1) is 10.0. The fourth-order valence-electron chi connectivity index (χ4n) is 1.74. The Hall–Kier alpha value is -2.89. The van der Waals surface area contributed by atoms with Gasteiger partial charge in [-0.2, -0.15) is 0 Å². The number of nitrogen functional groups attached to an aromatic ring is 1. The molecule has 0 aliphatic carbocycles. The minimum Gasteiger partial charge on any atom is -0.496 e. The van der Waals surface area contributed by atoms with Crippen molar-refractivity contribution in [2.75, 3.05) is 20.0 Å². The molecule has 0 unspecified atom stereocenters. The Morgan fingerprint density at radius 2 is 1.52 bits per heavy atom. The first kappa shape index (κ1) is 14.5. The molecule has 0 aliphatic rings. The highest BCUT2D eigenvalue weighted by molar-refractivity contribution is 5.93. The molecule has 2 rings (SSSR count). The SMILES string of the molecule is COc1cc(OC)cc(Oc2cc(C(N)=O)ccc2N)c1. The Bertz CT molecular complexity index is 648. The summed E-state index contributed by atoms with van der Waals surface area (Å²) in [6, 6.07) is 9.67. The lowest BCUT2D eigenvalue weighted by Crippen LogP contribution is -2.11. The van der Waals surface area contributed by atoms with Gasteiger partial charge in [-0.1, -0.05) is 0 Å². The Kier molecular flexibility index (Phi) is 4.18. The topological polar surface area (TPSA) is 96.8 Å². The van der Waals surface area contributed by atoms with E-state index in [1.54, 1.807) is 38.5 Å². The van der Waals surface area contributed by atoms with Crippen molar-refractivity contribution in [3.63, 3.8) is 0 Å². The molecular weight excluding hydrogens is 272 g/mol. The molecule has 110 valence electrons. The van der Waals surface area contributed by atoms with Gasteiger partial charge in [0.25, 0.3) is 0 Å². The first-order valence-electron chi connectivity index (χ1n) is 6.13. The molecule has 0 spiro atoms. The van der Waals surface area contributed by atoms with Gasteiger partial charge in [0, 0.05) is 23.8 Å². The van der Waals surface area contributed by atoms with Gasteiger partial charge in [0.05, 0.1) is 19.9 Å². The van der Waals surface area contributed by atoms with Crippen LogP contribution in [0.25, 0.3) is 0 Å². The molecule has 2 aromatic carbocycles. The van der Waals surface area contributed by atoms with Crippen molar-refractivity contribution in [2.24, 2.45) is 5.73 Å². The van der Waals surface area contributed by atoms with E-state index in [0.29, 0.717) is 34.2 Å². The highest BCUT2D eigenvalue weighted by Gasteiger charge is 2.09. The van der Waals surface area contributed by atoms with E-state index >= 15 is 0 Å². The number of amides is 1. The molecule has 0 atom stereocenters. The number of anilines is 1. The molecule has 6 nitrogen and oxygen atoms in total. The van der Waals surface area contributed by atoms with E-state index in [2.05, 4.69) is 0 Å². The minimum absolute atomic E-state index is 0.314. The van der Waals surface area contributed by atoms with E-state index < -0.39 is 5.91 Å². The summed E-state index contributed by atoms with van der Waals surface area (Å²) in [7, 11) is 3.08. The summed E-state index contributed by atoms with van der Waals surface area (Å²) in [4.78, 5) is 11.2. The van der Waals surface area contributed by atoms with Crippen LogP contribution >= 0.6 is 0 Å². The van der Waals surface area contributed by atoms with Crippen LogP contribution < -0.4 is 25.7 Å². The third-order valence-electron chi connectivity index (χ3n) is 2.85. The van der Waals surface area contributed by atoms with Crippen LogP contribution in [-0.4, -0.2) is 20.1 Å². The molecule has 4 N–H and O–H groups in total. The van der Waals surface area contributed by atoms with Crippen molar-refractivity contribution in [2.45, 2.75) is 0 Å². The van der Waals surface area contributed by atoms with Crippen LogP contribution in [0.3, 0.4) is 0 Å². The summed E-state index contributed by atoms with van der Waals surface area (Å²) in [5.74, 6) is 1.41. The second kappa shape index (κ2) is 6.04. The monoisotopic (exact) mass is 288 g/mol. The summed E-state index contributed by atoms with van der Waals surface area (Å²) in [5.41, 5.74) is 11.8. The number of carbonyl (C=O) groups excluding carboxylic acids is 1. The van der Waals surface area contributed by atoms with Crippen LogP contribution in [0.15, 0.2) is 36.4 Å². The number of ether oxygens (including phenoxy) is 3. The van der Waals surface area contributed by atoms with Gasteiger partial charge in [-0.3, -0.25) is 4.79 Å². The van der Waals surface area contributed by atoms with Crippen LogP contribution in [0.1, 0.15) is 10.4 Å². The molecule has 6 heteroatoms. The molecule has 0 saturated carbocycles. The quantitative estimate of drug-likeness (QED) is 0.822. The van der Waals surface area contributed by atoms with Crippen molar-refractivity contribution in [1.82, 2.24) is 0 Å². The van der Waals surface area contributed by atoms with Crippen LogP contribution in [0.4, 0.5) is 5.69 Å². The maximum Gasteiger partial charge on any atom is 0.248 e. The number of rotatable bonds is 5. The van der Waals surface area contributed by atoms with Crippen molar-refractivity contribution in [1.29, 1.82) is 0 Å². The Balaban J connectivity index is 2.37. The van der Waals surface area contributed by atoms with Crippen molar-refractivity contribution in [3.8, 4) is 23.0 Å². The van der Waals surface area contributed by atoms with E-state index in [1.807, 2.05) is 0 Å². The molecule has 0 bridgehead atoms. The zero-order valence-corrected chi connectivity index (χ0v) is 11.8. The normalized spacial score (nSPS) is 10.0. The molecule has 0 heterocycles. The van der Waals surface area contributed by atoms with Gasteiger partial charge in [0.1, 0.15) is 17.2 Å². The molecule has 1 amide bonds. The lowest BCUT2D eigenvalue weighted by molar-refractivity contribution is 0.1000. The molecule has 0 aliphatic heterocycles. The number of methoxy groups -OCH3 is 2. The predicted molar refractivity (Wildman–Crippen MR) is 79.0 cm³/mol. The van der Waals surface area contributed by atoms with Crippen LogP contribution in [0.2, 0.25) is 0 Å². The van der Waals surface area contributed by atoms with E-state index in [0.717, 1.165) is 0 Å². The van der Waals surface area contributed by atoms with Gasteiger partial charge in [0.2, 0.25) is 5.91 Å². The van der Waals surface area contributed by atoms with Gasteiger partial charge < -0.3 is 25.7 Å². The van der Waals surface area contributed by atoms with E-state index in [9.17, 15) is 4.79 Å². The number of benzene rings is 2. The van der Waals surface area contributed by atoms with Gasteiger partial charge in [0.15, 0.2) is 5.75 Å². The zero-order chi connectivity index (χ0) is 15.4. The Labute approximate surface area is 122 Å². The largest absolute Gasteiger partial charge is 0.496 e. The fourth-order valence-corrected chi connectivity index (χ4v) is 1.74. The molecule has 0 aromatic heterocycles. The molecule has 21 heavy (non-hydrogen) atoms. The molecule has 0 fully saturated rings. The Morgan fingerprint density at radius 3 is 2.05 bits per heavy atom. The predicted octanol–water partition coefficient (Wildman–Crippen LogP) is 2.18. The summed E-state index contributed by atoms with van der Waals surface area (Å²) in [6.45, 7) is 0.